The van der Waals surface area contributed by atoms with Crippen LogP contribution in [-0.4, -0.2) is 54.8 Å². The number of rotatable bonds is 3. The molecule has 1 atom stereocenters. The van der Waals surface area contributed by atoms with Gasteiger partial charge in [-0.3, -0.25) is 4.79 Å². The van der Waals surface area contributed by atoms with Gasteiger partial charge in [0.05, 0.1) is 0 Å². The van der Waals surface area contributed by atoms with Crippen LogP contribution in [0.25, 0.3) is 0 Å². The zero-order chi connectivity index (χ0) is 15.4. The molecule has 1 aromatic rings. The van der Waals surface area contributed by atoms with E-state index in [4.69, 9.17) is 0 Å². The second-order valence-corrected chi connectivity index (χ2v) is 5.77. The zero-order valence-corrected chi connectivity index (χ0v) is 12.9. The van der Waals surface area contributed by atoms with Crippen molar-refractivity contribution in [2.24, 2.45) is 0 Å². The van der Waals surface area contributed by atoms with Crippen LogP contribution < -0.4 is 5.32 Å². The number of ketones is 1. The Morgan fingerprint density at radius 2 is 2.10 bits per heavy atom. The van der Waals surface area contributed by atoms with Crippen molar-refractivity contribution < 1.29 is 9.59 Å². The van der Waals surface area contributed by atoms with E-state index < -0.39 is 0 Å². The molecule has 0 radical (unpaired) electrons. The summed E-state index contributed by atoms with van der Waals surface area (Å²) in [6.07, 6.45) is 2.14. The van der Waals surface area contributed by atoms with Gasteiger partial charge in [0, 0.05) is 30.4 Å². The summed E-state index contributed by atoms with van der Waals surface area (Å²) in [5.41, 5.74) is 1.28. The van der Waals surface area contributed by atoms with E-state index in [0.717, 1.165) is 25.9 Å². The van der Waals surface area contributed by atoms with Gasteiger partial charge in [0.2, 0.25) is 0 Å². The van der Waals surface area contributed by atoms with E-state index in [1.165, 1.54) is 6.92 Å². The van der Waals surface area contributed by atoms with Crippen LogP contribution in [0.5, 0.6) is 0 Å². The van der Waals surface area contributed by atoms with Gasteiger partial charge in [-0.25, -0.2) is 4.79 Å². The number of anilines is 1. The summed E-state index contributed by atoms with van der Waals surface area (Å²) in [6, 6.07) is 7.37. The Balaban J connectivity index is 2.01. The van der Waals surface area contributed by atoms with E-state index in [1.54, 1.807) is 24.3 Å². The average molecular weight is 289 g/mol. The third kappa shape index (κ3) is 4.04. The van der Waals surface area contributed by atoms with E-state index in [0.29, 0.717) is 17.3 Å². The maximum Gasteiger partial charge on any atom is 0.321 e. The van der Waals surface area contributed by atoms with Crippen molar-refractivity contribution in [3.63, 3.8) is 0 Å². The standard InChI is InChI=1S/C16H23N3O2/c1-12(20)13-6-4-7-14(10-13)17-16(21)19-9-5-8-15(11-19)18(2)3/h4,6-7,10,15H,5,8-9,11H2,1-3H3,(H,17,21). The molecule has 1 aliphatic heterocycles. The highest BCUT2D eigenvalue weighted by Gasteiger charge is 2.24. The number of piperidine rings is 1. The Bertz CT molecular complexity index is 528. The Morgan fingerprint density at radius 1 is 1.33 bits per heavy atom. The second-order valence-electron chi connectivity index (χ2n) is 5.77. The third-order valence-electron chi connectivity index (χ3n) is 3.93. The maximum absolute atomic E-state index is 12.3. The topological polar surface area (TPSA) is 52.7 Å². The van der Waals surface area contributed by atoms with Gasteiger partial charge in [-0.05, 0) is 46.0 Å². The first-order valence-corrected chi connectivity index (χ1v) is 7.30. The van der Waals surface area contributed by atoms with Gasteiger partial charge in [-0.15, -0.1) is 0 Å². The van der Waals surface area contributed by atoms with Crippen molar-refractivity contribution in [3.8, 4) is 0 Å². The number of amides is 2. The number of nitrogens with zero attached hydrogens (tertiary/aromatic N) is 2. The number of hydrogen-bond donors (Lipinski definition) is 1. The molecule has 1 aliphatic rings. The van der Waals surface area contributed by atoms with Gasteiger partial charge in [0.25, 0.3) is 0 Å². The van der Waals surface area contributed by atoms with Crippen molar-refractivity contribution in [2.45, 2.75) is 25.8 Å². The molecular formula is C16H23N3O2. The molecule has 2 rings (SSSR count). The van der Waals surface area contributed by atoms with Crippen LogP contribution in [-0.2, 0) is 0 Å². The SMILES string of the molecule is CC(=O)c1cccc(NC(=O)N2CCCC(N(C)C)C2)c1. The van der Waals surface area contributed by atoms with Crippen molar-refractivity contribution in [1.29, 1.82) is 0 Å². The largest absolute Gasteiger partial charge is 0.323 e. The first kappa shape index (κ1) is 15.5. The van der Waals surface area contributed by atoms with Crippen LogP contribution in [0.3, 0.4) is 0 Å². The molecule has 0 spiro atoms. The fourth-order valence-corrected chi connectivity index (χ4v) is 2.58. The monoisotopic (exact) mass is 289 g/mol. The molecule has 5 nitrogen and oxygen atoms in total. The minimum Gasteiger partial charge on any atom is -0.323 e. The summed E-state index contributed by atoms with van der Waals surface area (Å²) in [4.78, 5) is 27.7. The number of likely N-dealkylation sites (tertiary alicyclic amines) is 1. The molecule has 1 saturated heterocycles. The lowest BCUT2D eigenvalue weighted by Crippen LogP contribution is -2.48. The van der Waals surface area contributed by atoms with Crippen LogP contribution in [0.4, 0.5) is 10.5 Å². The normalized spacial score (nSPS) is 18.7. The number of nitrogens with one attached hydrogen (secondary N) is 1. The first-order valence-electron chi connectivity index (χ1n) is 7.30. The van der Waals surface area contributed by atoms with Crippen LogP contribution in [0.15, 0.2) is 24.3 Å². The maximum atomic E-state index is 12.3. The van der Waals surface area contributed by atoms with E-state index in [-0.39, 0.29) is 11.8 Å². The molecule has 1 heterocycles. The van der Waals surface area contributed by atoms with Gasteiger partial charge in [-0.1, -0.05) is 12.1 Å². The second kappa shape index (κ2) is 6.72. The molecule has 114 valence electrons. The van der Waals surface area contributed by atoms with Crippen LogP contribution in [0.2, 0.25) is 0 Å². The Labute approximate surface area is 125 Å². The lowest BCUT2D eigenvalue weighted by Gasteiger charge is -2.36. The fraction of sp³-hybridized carbons (Fsp3) is 0.500. The molecule has 0 aromatic heterocycles. The lowest BCUT2D eigenvalue weighted by molar-refractivity contribution is 0.101. The van der Waals surface area contributed by atoms with Crippen molar-refractivity contribution in [1.82, 2.24) is 9.80 Å². The number of urea groups is 1. The van der Waals surface area contributed by atoms with Crippen LogP contribution >= 0.6 is 0 Å². The molecule has 5 heteroatoms. The molecule has 21 heavy (non-hydrogen) atoms. The van der Waals surface area contributed by atoms with E-state index in [9.17, 15) is 9.59 Å². The van der Waals surface area contributed by atoms with Crippen LogP contribution in [0.1, 0.15) is 30.1 Å². The lowest BCUT2D eigenvalue weighted by atomic mass is 10.1. The highest BCUT2D eigenvalue weighted by Crippen LogP contribution is 2.16. The average Bonchev–Trinajstić information content (AvgIpc) is 2.47. The summed E-state index contributed by atoms with van der Waals surface area (Å²) in [5, 5.41) is 2.88. The third-order valence-corrected chi connectivity index (χ3v) is 3.93. The quantitative estimate of drug-likeness (QED) is 0.870. The van der Waals surface area contributed by atoms with Gasteiger partial charge >= 0.3 is 6.03 Å². The Hall–Kier alpha value is -1.88. The van der Waals surface area contributed by atoms with Gasteiger partial charge in [0.15, 0.2) is 5.78 Å². The molecule has 1 unspecified atom stereocenters. The van der Waals surface area contributed by atoms with E-state index in [2.05, 4.69) is 10.2 Å². The Morgan fingerprint density at radius 3 is 2.76 bits per heavy atom. The molecule has 1 fully saturated rings. The molecule has 0 aliphatic carbocycles. The number of benzene rings is 1. The van der Waals surface area contributed by atoms with Gasteiger partial charge in [0.1, 0.15) is 0 Å². The van der Waals surface area contributed by atoms with Gasteiger partial charge < -0.3 is 15.1 Å². The minimum absolute atomic E-state index is 0.00302. The van der Waals surface area contributed by atoms with Crippen molar-refractivity contribution in [3.05, 3.63) is 29.8 Å². The number of likely N-dealkylation sites (N-methyl/N-ethyl adjacent to an activating group) is 1. The highest BCUT2D eigenvalue weighted by molar-refractivity contribution is 5.96. The number of hydrogen-bond acceptors (Lipinski definition) is 3. The molecule has 1 N–H and O–H groups in total. The minimum atomic E-state index is -0.0951. The molecule has 1 aromatic carbocycles. The molecule has 2 amide bonds. The summed E-state index contributed by atoms with van der Waals surface area (Å²) in [7, 11) is 4.09. The number of carbonyl (C=O) groups excluding carboxylic acids is 2. The molecule has 0 bridgehead atoms. The summed E-state index contributed by atoms with van der Waals surface area (Å²) < 4.78 is 0. The van der Waals surface area contributed by atoms with Gasteiger partial charge in [-0.2, -0.15) is 0 Å². The predicted molar refractivity (Wildman–Crippen MR) is 83.7 cm³/mol. The number of carbonyl (C=O) groups is 2. The van der Waals surface area contributed by atoms with E-state index >= 15 is 0 Å². The smallest absolute Gasteiger partial charge is 0.321 e. The molecular weight excluding hydrogens is 266 g/mol. The fourth-order valence-electron chi connectivity index (χ4n) is 2.58. The Kier molecular flexibility index (Phi) is 4.96. The zero-order valence-electron chi connectivity index (χ0n) is 12.9. The summed E-state index contributed by atoms with van der Waals surface area (Å²) >= 11 is 0. The van der Waals surface area contributed by atoms with Crippen molar-refractivity contribution in [2.75, 3.05) is 32.5 Å². The summed E-state index contributed by atoms with van der Waals surface area (Å²) in [6.45, 7) is 3.04. The summed E-state index contributed by atoms with van der Waals surface area (Å²) in [5.74, 6) is -0.00302. The van der Waals surface area contributed by atoms with Crippen LogP contribution in [0, 0.1) is 0 Å². The predicted octanol–water partition coefficient (Wildman–Crippen LogP) is 2.45. The highest BCUT2D eigenvalue weighted by atomic mass is 16.2. The molecule has 0 saturated carbocycles. The van der Waals surface area contributed by atoms with Crippen molar-refractivity contribution >= 4 is 17.5 Å². The van der Waals surface area contributed by atoms with E-state index in [1.807, 2.05) is 19.0 Å². The number of Topliss-reactive ketones (excluding diaryl/α,β-unsaturated/α-hetero) is 1. The first-order chi connectivity index (χ1) is 9.97.